The highest BCUT2D eigenvalue weighted by Crippen LogP contribution is 2.47. The van der Waals surface area contributed by atoms with E-state index in [2.05, 4.69) is 42.2 Å². The Morgan fingerprint density at radius 3 is 2.40 bits per heavy atom. The molecule has 3 heteroatoms. The minimum atomic E-state index is -0.0253. The Bertz CT molecular complexity index is 618. The van der Waals surface area contributed by atoms with Crippen LogP contribution in [0, 0.1) is 6.92 Å². The molecule has 1 fully saturated rings. The summed E-state index contributed by atoms with van der Waals surface area (Å²) < 4.78 is 0. The molecular formula is C17H19ClN2. The molecule has 0 radical (unpaired) electrons. The first kappa shape index (κ1) is 13.6. The third-order valence-corrected chi connectivity index (χ3v) is 4.85. The van der Waals surface area contributed by atoms with Gasteiger partial charge in [-0.2, -0.15) is 0 Å². The maximum atomic E-state index is 6.32. The summed E-state index contributed by atoms with van der Waals surface area (Å²) in [5, 5.41) is 0.606. The molecule has 0 amide bonds. The SMILES string of the molecule is CCc1nc(C2(c3ccccc3)CCC2)nc(Cl)c1C. The van der Waals surface area contributed by atoms with Crippen molar-refractivity contribution in [2.75, 3.05) is 0 Å². The number of benzene rings is 1. The van der Waals surface area contributed by atoms with Crippen molar-refractivity contribution in [3.05, 3.63) is 58.1 Å². The van der Waals surface area contributed by atoms with Crippen LogP contribution in [0.15, 0.2) is 30.3 Å². The Kier molecular flexibility index (Phi) is 3.51. The zero-order valence-electron chi connectivity index (χ0n) is 12.0. The molecule has 104 valence electrons. The van der Waals surface area contributed by atoms with Gasteiger partial charge in [-0.05, 0) is 31.7 Å². The molecule has 0 saturated heterocycles. The second-order valence-electron chi connectivity index (χ2n) is 5.56. The molecule has 2 nitrogen and oxygen atoms in total. The van der Waals surface area contributed by atoms with Crippen molar-refractivity contribution in [1.82, 2.24) is 9.97 Å². The summed E-state index contributed by atoms with van der Waals surface area (Å²) in [5.74, 6) is 0.905. The molecule has 3 rings (SSSR count). The van der Waals surface area contributed by atoms with Crippen LogP contribution in [0.25, 0.3) is 0 Å². The summed E-state index contributed by atoms with van der Waals surface area (Å²) >= 11 is 6.32. The van der Waals surface area contributed by atoms with E-state index in [-0.39, 0.29) is 5.41 Å². The highest BCUT2D eigenvalue weighted by Gasteiger charge is 2.43. The van der Waals surface area contributed by atoms with Crippen LogP contribution in [-0.4, -0.2) is 9.97 Å². The molecule has 0 aliphatic heterocycles. The molecule has 1 heterocycles. The first-order chi connectivity index (χ1) is 9.67. The second kappa shape index (κ2) is 5.17. The highest BCUT2D eigenvalue weighted by atomic mass is 35.5. The van der Waals surface area contributed by atoms with Crippen molar-refractivity contribution < 1.29 is 0 Å². The fraction of sp³-hybridized carbons (Fsp3) is 0.412. The van der Waals surface area contributed by atoms with Crippen molar-refractivity contribution in [2.24, 2.45) is 0 Å². The molecule has 1 aliphatic carbocycles. The van der Waals surface area contributed by atoms with Crippen LogP contribution < -0.4 is 0 Å². The Morgan fingerprint density at radius 1 is 1.15 bits per heavy atom. The zero-order valence-corrected chi connectivity index (χ0v) is 12.7. The van der Waals surface area contributed by atoms with Crippen LogP contribution in [0.5, 0.6) is 0 Å². The van der Waals surface area contributed by atoms with Gasteiger partial charge in [-0.1, -0.05) is 55.3 Å². The van der Waals surface area contributed by atoms with Gasteiger partial charge >= 0.3 is 0 Å². The number of hydrogen-bond acceptors (Lipinski definition) is 2. The summed E-state index contributed by atoms with van der Waals surface area (Å²) in [5.41, 5.74) is 3.37. The van der Waals surface area contributed by atoms with E-state index in [4.69, 9.17) is 16.6 Å². The van der Waals surface area contributed by atoms with Crippen LogP contribution in [0.1, 0.15) is 48.8 Å². The van der Waals surface area contributed by atoms with Crippen LogP contribution in [0.4, 0.5) is 0 Å². The number of hydrogen-bond donors (Lipinski definition) is 0. The molecule has 0 unspecified atom stereocenters. The topological polar surface area (TPSA) is 25.8 Å². The van der Waals surface area contributed by atoms with E-state index in [1.807, 2.05) is 6.92 Å². The van der Waals surface area contributed by atoms with Gasteiger partial charge in [0, 0.05) is 11.3 Å². The number of halogens is 1. The maximum Gasteiger partial charge on any atom is 0.140 e. The summed E-state index contributed by atoms with van der Waals surface area (Å²) in [4.78, 5) is 9.43. The highest BCUT2D eigenvalue weighted by molar-refractivity contribution is 6.30. The lowest BCUT2D eigenvalue weighted by Gasteiger charge is -2.41. The predicted molar refractivity (Wildman–Crippen MR) is 82.2 cm³/mol. The average molecular weight is 287 g/mol. The number of aromatic nitrogens is 2. The molecule has 2 aromatic rings. The number of rotatable bonds is 3. The van der Waals surface area contributed by atoms with Gasteiger partial charge in [-0.25, -0.2) is 9.97 Å². The van der Waals surface area contributed by atoms with E-state index >= 15 is 0 Å². The second-order valence-corrected chi connectivity index (χ2v) is 5.92. The van der Waals surface area contributed by atoms with E-state index in [0.717, 1.165) is 36.3 Å². The van der Waals surface area contributed by atoms with Crippen molar-refractivity contribution in [1.29, 1.82) is 0 Å². The lowest BCUT2D eigenvalue weighted by molar-refractivity contribution is 0.284. The minimum absolute atomic E-state index is 0.0253. The van der Waals surface area contributed by atoms with E-state index in [9.17, 15) is 0 Å². The molecule has 0 atom stereocenters. The van der Waals surface area contributed by atoms with Crippen LogP contribution >= 0.6 is 11.6 Å². The molecule has 1 saturated carbocycles. The Morgan fingerprint density at radius 2 is 1.85 bits per heavy atom. The number of aryl methyl sites for hydroxylation is 1. The summed E-state index contributed by atoms with van der Waals surface area (Å²) in [7, 11) is 0. The summed E-state index contributed by atoms with van der Waals surface area (Å²) in [6.45, 7) is 4.12. The third kappa shape index (κ3) is 2.03. The molecule has 1 aromatic carbocycles. The zero-order chi connectivity index (χ0) is 14.2. The molecule has 20 heavy (non-hydrogen) atoms. The van der Waals surface area contributed by atoms with Gasteiger partial charge in [0.1, 0.15) is 11.0 Å². The Balaban J connectivity index is 2.13. The molecule has 1 aromatic heterocycles. The van der Waals surface area contributed by atoms with Crippen molar-refractivity contribution in [2.45, 2.75) is 44.9 Å². The standard InChI is InChI=1S/C17H19ClN2/c1-3-14-12(2)15(18)20-16(19-14)17(10-7-11-17)13-8-5-4-6-9-13/h4-6,8-9H,3,7,10-11H2,1-2H3. The normalized spacial score (nSPS) is 16.8. The van der Waals surface area contributed by atoms with Crippen molar-refractivity contribution >= 4 is 11.6 Å². The van der Waals surface area contributed by atoms with Gasteiger partial charge < -0.3 is 0 Å². The molecule has 0 N–H and O–H groups in total. The fourth-order valence-electron chi connectivity index (χ4n) is 3.02. The van der Waals surface area contributed by atoms with Gasteiger partial charge in [0.2, 0.25) is 0 Å². The minimum Gasteiger partial charge on any atom is -0.237 e. The monoisotopic (exact) mass is 286 g/mol. The van der Waals surface area contributed by atoms with E-state index in [1.165, 1.54) is 12.0 Å². The molecular weight excluding hydrogens is 268 g/mol. The smallest absolute Gasteiger partial charge is 0.140 e. The first-order valence-corrected chi connectivity index (χ1v) is 7.64. The number of nitrogens with zero attached hydrogens (tertiary/aromatic N) is 2. The van der Waals surface area contributed by atoms with Gasteiger partial charge in [0.25, 0.3) is 0 Å². The van der Waals surface area contributed by atoms with Gasteiger partial charge in [-0.15, -0.1) is 0 Å². The quantitative estimate of drug-likeness (QED) is 0.778. The fourth-order valence-corrected chi connectivity index (χ4v) is 3.21. The van der Waals surface area contributed by atoms with Crippen LogP contribution in [-0.2, 0) is 11.8 Å². The first-order valence-electron chi connectivity index (χ1n) is 7.26. The lowest BCUT2D eigenvalue weighted by Crippen LogP contribution is -2.37. The lowest BCUT2D eigenvalue weighted by atomic mass is 9.64. The molecule has 0 bridgehead atoms. The van der Waals surface area contributed by atoms with Gasteiger partial charge in [0.15, 0.2) is 0 Å². The molecule has 0 spiro atoms. The maximum absolute atomic E-state index is 6.32. The Hall–Kier alpha value is -1.41. The van der Waals surface area contributed by atoms with Gasteiger partial charge in [-0.3, -0.25) is 0 Å². The Labute approximate surface area is 125 Å². The summed E-state index contributed by atoms with van der Waals surface area (Å²) in [6, 6.07) is 10.6. The largest absolute Gasteiger partial charge is 0.237 e. The third-order valence-electron chi connectivity index (χ3n) is 4.48. The van der Waals surface area contributed by atoms with Crippen molar-refractivity contribution in [3.8, 4) is 0 Å². The van der Waals surface area contributed by atoms with Crippen LogP contribution in [0.2, 0.25) is 5.15 Å². The molecule has 1 aliphatic rings. The van der Waals surface area contributed by atoms with E-state index in [0.29, 0.717) is 5.15 Å². The average Bonchev–Trinajstić information content (AvgIpc) is 2.42. The van der Waals surface area contributed by atoms with E-state index < -0.39 is 0 Å². The van der Waals surface area contributed by atoms with Gasteiger partial charge in [0.05, 0.1) is 5.41 Å². The predicted octanol–water partition coefficient (Wildman–Crippen LogP) is 4.47. The van der Waals surface area contributed by atoms with E-state index in [1.54, 1.807) is 0 Å². The summed E-state index contributed by atoms with van der Waals surface area (Å²) in [6.07, 6.45) is 4.34. The van der Waals surface area contributed by atoms with Crippen molar-refractivity contribution in [3.63, 3.8) is 0 Å². The van der Waals surface area contributed by atoms with Crippen LogP contribution in [0.3, 0.4) is 0 Å².